The van der Waals surface area contributed by atoms with Crippen LogP contribution < -0.4 is 14.8 Å². The summed E-state index contributed by atoms with van der Waals surface area (Å²) in [7, 11) is 3.20. The summed E-state index contributed by atoms with van der Waals surface area (Å²) in [6.07, 6.45) is 1.05. The Morgan fingerprint density at radius 1 is 0.920 bits per heavy atom. The molecule has 5 nitrogen and oxygen atoms in total. The molecule has 2 aromatic carbocycles. The molecule has 25 heavy (non-hydrogen) atoms. The standard InChI is InChI=1S/C20H23NO4/c1-24-17-9-7-15(8-10-17)18(22)11-12-20(23)21-14-13-16-5-3-4-6-19(16)25-2/h3-10H,11-14H2,1-2H3,(H,21,23). The van der Waals surface area contributed by atoms with Gasteiger partial charge in [0.2, 0.25) is 5.91 Å². The smallest absolute Gasteiger partial charge is 0.220 e. The number of para-hydroxylation sites is 1. The number of amides is 1. The number of hydrogen-bond donors (Lipinski definition) is 1. The Bertz CT molecular complexity index is 710. The first-order chi connectivity index (χ1) is 12.1. The van der Waals surface area contributed by atoms with E-state index in [1.54, 1.807) is 38.5 Å². The second-order valence-corrected chi connectivity index (χ2v) is 5.56. The fourth-order valence-corrected chi connectivity index (χ4v) is 2.48. The van der Waals surface area contributed by atoms with Crippen LogP contribution >= 0.6 is 0 Å². The highest BCUT2D eigenvalue weighted by molar-refractivity contribution is 5.98. The van der Waals surface area contributed by atoms with E-state index < -0.39 is 0 Å². The van der Waals surface area contributed by atoms with Gasteiger partial charge in [0.1, 0.15) is 11.5 Å². The van der Waals surface area contributed by atoms with Crippen molar-refractivity contribution < 1.29 is 19.1 Å². The Kier molecular flexibility index (Phi) is 7.01. The first-order valence-corrected chi connectivity index (χ1v) is 8.20. The van der Waals surface area contributed by atoms with E-state index in [1.165, 1.54) is 0 Å². The minimum Gasteiger partial charge on any atom is -0.497 e. The molecule has 0 unspecified atom stereocenters. The molecule has 0 aliphatic rings. The van der Waals surface area contributed by atoms with Crippen molar-refractivity contribution in [3.8, 4) is 11.5 Å². The highest BCUT2D eigenvalue weighted by Gasteiger charge is 2.10. The molecule has 0 fully saturated rings. The molecule has 0 aliphatic heterocycles. The van der Waals surface area contributed by atoms with E-state index in [2.05, 4.69) is 5.32 Å². The number of rotatable bonds is 9. The van der Waals surface area contributed by atoms with Gasteiger partial charge in [-0.15, -0.1) is 0 Å². The lowest BCUT2D eigenvalue weighted by molar-refractivity contribution is -0.121. The lowest BCUT2D eigenvalue weighted by Crippen LogP contribution is -2.26. The van der Waals surface area contributed by atoms with Gasteiger partial charge in [-0.2, -0.15) is 0 Å². The maximum absolute atomic E-state index is 12.1. The summed E-state index contributed by atoms with van der Waals surface area (Å²) < 4.78 is 10.3. The quantitative estimate of drug-likeness (QED) is 0.712. The molecule has 0 saturated carbocycles. The average molecular weight is 341 g/mol. The van der Waals surface area contributed by atoms with Crippen LogP contribution in [0.2, 0.25) is 0 Å². The van der Waals surface area contributed by atoms with Crippen molar-refractivity contribution >= 4 is 11.7 Å². The number of Topliss-reactive ketones (excluding diaryl/α,β-unsaturated/α-hetero) is 1. The Labute approximate surface area is 148 Å². The van der Waals surface area contributed by atoms with E-state index in [0.717, 1.165) is 11.3 Å². The first kappa shape index (κ1) is 18.5. The van der Waals surface area contributed by atoms with Crippen LogP contribution in [0.25, 0.3) is 0 Å². The van der Waals surface area contributed by atoms with Crippen molar-refractivity contribution in [3.63, 3.8) is 0 Å². The molecule has 0 heterocycles. The molecule has 2 aromatic rings. The fourth-order valence-electron chi connectivity index (χ4n) is 2.48. The van der Waals surface area contributed by atoms with Gasteiger partial charge in [0.25, 0.3) is 0 Å². The molecule has 0 saturated heterocycles. The van der Waals surface area contributed by atoms with Gasteiger partial charge in [0.05, 0.1) is 14.2 Å². The predicted molar refractivity (Wildman–Crippen MR) is 96.3 cm³/mol. The van der Waals surface area contributed by atoms with Gasteiger partial charge in [0, 0.05) is 24.9 Å². The Morgan fingerprint density at radius 2 is 1.64 bits per heavy atom. The summed E-state index contributed by atoms with van der Waals surface area (Å²) in [5.41, 5.74) is 1.63. The molecule has 0 aromatic heterocycles. The minimum absolute atomic E-state index is 0.0532. The molecule has 0 spiro atoms. The van der Waals surface area contributed by atoms with Crippen molar-refractivity contribution in [1.82, 2.24) is 5.32 Å². The molecular formula is C20H23NO4. The molecule has 0 aliphatic carbocycles. The number of methoxy groups -OCH3 is 2. The summed E-state index contributed by atoms with van der Waals surface area (Å²) in [6.45, 7) is 0.510. The maximum atomic E-state index is 12.1. The Morgan fingerprint density at radius 3 is 2.32 bits per heavy atom. The van der Waals surface area contributed by atoms with E-state index in [0.29, 0.717) is 24.3 Å². The normalized spacial score (nSPS) is 10.2. The average Bonchev–Trinajstić information content (AvgIpc) is 2.66. The van der Waals surface area contributed by atoms with Gasteiger partial charge in [-0.05, 0) is 42.3 Å². The van der Waals surface area contributed by atoms with Crippen molar-refractivity contribution in [1.29, 1.82) is 0 Å². The second-order valence-electron chi connectivity index (χ2n) is 5.56. The number of ketones is 1. The number of benzene rings is 2. The van der Waals surface area contributed by atoms with Gasteiger partial charge in [-0.1, -0.05) is 18.2 Å². The zero-order valence-corrected chi connectivity index (χ0v) is 14.6. The highest BCUT2D eigenvalue weighted by Crippen LogP contribution is 2.17. The number of ether oxygens (including phenoxy) is 2. The van der Waals surface area contributed by atoms with Gasteiger partial charge in [-0.25, -0.2) is 0 Å². The van der Waals surface area contributed by atoms with Crippen LogP contribution in [0, 0.1) is 0 Å². The maximum Gasteiger partial charge on any atom is 0.220 e. The predicted octanol–water partition coefficient (Wildman–Crippen LogP) is 3.03. The summed E-state index contributed by atoms with van der Waals surface area (Å²) >= 11 is 0. The number of hydrogen-bond acceptors (Lipinski definition) is 4. The summed E-state index contributed by atoms with van der Waals surface area (Å²) in [6, 6.07) is 14.6. The van der Waals surface area contributed by atoms with Gasteiger partial charge >= 0.3 is 0 Å². The van der Waals surface area contributed by atoms with Crippen LogP contribution in [0.5, 0.6) is 11.5 Å². The van der Waals surface area contributed by atoms with E-state index >= 15 is 0 Å². The van der Waals surface area contributed by atoms with Gasteiger partial charge in [0.15, 0.2) is 5.78 Å². The Balaban J connectivity index is 1.73. The van der Waals surface area contributed by atoms with E-state index in [1.807, 2.05) is 24.3 Å². The molecule has 0 bridgehead atoms. The molecule has 5 heteroatoms. The van der Waals surface area contributed by atoms with E-state index in [9.17, 15) is 9.59 Å². The molecule has 1 N–H and O–H groups in total. The summed E-state index contributed by atoms with van der Waals surface area (Å²) in [4.78, 5) is 24.0. The number of carbonyl (C=O) groups is 2. The van der Waals surface area contributed by atoms with E-state index in [4.69, 9.17) is 9.47 Å². The second kappa shape index (κ2) is 9.47. The molecule has 1 amide bonds. The zero-order valence-electron chi connectivity index (χ0n) is 14.6. The number of nitrogens with one attached hydrogen (secondary N) is 1. The van der Waals surface area contributed by atoms with E-state index in [-0.39, 0.29) is 24.5 Å². The third-order valence-electron chi connectivity index (χ3n) is 3.90. The fraction of sp³-hybridized carbons (Fsp3) is 0.300. The van der Waals surface area contributed by atoms with Crippen molar-refractivity contribution in [2.75, 3.05) is 20.8 Å². The lowest BCUT2D eigenvalue weighted by atomic mass is 10.1. The van der Waals surface area contributed by atoms with Crippen LogP contribution in [-0.2, 0) is 11.2 Å². The van der Waals surface area contributed by atoms with Crippen LogP contribution in [0.4, 0.5) is 0 Å². The largest absolute Gasteiger partial charge is 0.497 e. The van der Waals surface area contributed by atoms with Crippen LogP contribution in [0.15, 0.2) is 48.5 Å². The topological polar surface area (TPSA) is 64.6 Å². The monoisotopic (exact) mass is 341 g/mol. The molecular weight excluding hydrogens is 318 g/mol. The van der Waals surface area contributed by atoms with Crippen molar-refractivity contribution in [3.05, 3.63) is 59.7 Å². The molecule has 132 valence electrons. The highest BCUT2D eigenvalue weighted by atomic mass is 16.5. The first-order valence-electron chi connectivity index (χ1n) is 8.20. The summed E-state index contributed by atoms with van der Waals surface area (Å²) in [5.74, 6) is 1.33. The molecule has 2 rings (SSSR count). The summed E-state index contributed by atoms with van der Waals surface area (Å²) in [5, 5.41) is 2.84. The van der Waals surface area contributed by atoms with Crippen LogP contribution in [0.3, 0.4) is 0 Å². The molecule has 0 radical (unpaired) electrons. The van der Waals surface area contributed by atoms with Crippen molar-refractivity contribution in [2.45, 2.75) is 19.3 Å². The van der Waals surface area contributed by atoms with Crippen molar-refractivity contribution in [2.24, 2.45) is 0 Å². The minimum atomic E-state index is -0.128. The van der Waals surface area contributed by atoms with Crippen LogP contribution in [0.1, 0.15) is 28.8 Å². The zero-order chi connectivity index (χ0) is 18.1. The van der Waals surface area contributed by atoms with Gasteiger partial charge in [-0.3, -0.25) is 9.59 Å². The third kappa shape index (κ3) is 5.64. The third-order valence-corrected chi connectivity index (χ3v) is 3.90. The Hall–Kier alpha value is -2.82. The lowest BCUT2D eigenvalue weighted by Gasteiger charge is -2.09. The SMILES string of the molecule is COc1ccc(C(=O)CCC(=O)NCCc2ccccc2OC)cc1. The van der Waals surface area contributed by atoms with Gasteiger partial charge < -0.3 is 14.8 Å². The van der Waals surface area contributed by atoms with Crippen LogP contribution in [-0.4, -0.2) is 32.5 Å². The molecule has 0 atom stereocenters. The number of carbonyl (C=O) groups excluding carboxylic acids is 2.